The van der Waals surface area contributed by atoms with Crippen LogP contribution in [0.1, 0.15) is 0 Å². The third-order valence-corrected chi connectivity index (χ3v) is 1.65. The number of aliphatic carboxylic acids is 1. The van der Waals surface area contributed by atoms with E-state index >= 15 is 0 Å². The molecule has 1 atom stereocenters. The van der Waals surface area contributed by atoms with Gasteiger partial charge in [0.05, 0.1) is 0 Å². The van der Waals surface area contributed by atoms with E-state index < -0.39 is 12.0 Å². The normalized spacial score (nSPS) is 13.2. The SMILES string of the molecule is O=C(O)[C@H](CO)[NH][SbH]. The van der Waals surface area contributed by atoms with Gasteiger partial charge in [-0.2, -0.15) is 0 Å². The zero-order valence-corrected chi connectivity index (χ0v) is 6.94. The van der Waals surface area contributed by atoms with E-state index in [-0.39, 0.29) is 6.61 Å². The van der Waals surface area contributed by atoms with Gasteiger partial charge in [-0.3, -0.25) is 0 Å². The van der Waals surface area contributed by atoms with Crippen molar-refractivity contribution in [1.29, 1.82) is 0 Å². The first-order valence-electron chi connectivity index (χ1n) is 1.98. The Hall–Kier alpha value is 0.208. The van der Waals surface area contributed by atoms with Gasteiger partial charge in [-0.1, -0.05) is 0 Å². The summed E-state index contributed by atoms with van der Waals surface area (Å²) in [4.78, 5) is 9.95. The minimum absolute atomic E-state index is 0.347. The number of carboxylic acid groups (broad SMARTS) is 1. The van der Waals surface area contributed by atoms with Gasteiger partial charge >= 0.3 is 60.4 Å². The van der Waals surface area contributed by atoms with Crippen molar-refractivity contribution in [3.05, 3.63) is 0 Å². The number of nitrogens with one attached hydrogen (secondary N) is 1. The van der Waals surface area contributed by atoms with E-state index in [1.165, 1.54) is 0 Å². The molecule has 1 radical (unpaired) electrons. The van der Waals surface area contributed by atoms with Crippen molar-refractivity contribution >= 4 is 29.3 Å². The van der Waals surface area contributed by atoms with Crippen LogP contribution in [-0.4, -0.2) is 52.1 Å². The van der Waals surface area contributed by atoms with Crippen LogP contribution in [0.4, 0.5) is 0 Å². The summed E-state index contributed by atoms with van der Waals surface area (Å²) in [5, 5.41) is 16.4. The average Bonchev–Trinajstić information content (AvgIpc) is 1.69. The molecule has 0 saturated heterocycles. The molecule has 0 heterocycles. The molecule has 5 heteroatoms. The molecule has 0 aromatic rings. The maximum atomic E-state index is 9.95. The van der Waals surface area contributed by atoms with Crippen LogP contribution in [0.3, 0.4) is 0 Å². The fourth-order valence-corrected chi connectivity index (χ4v) is 0.798. The molecule has 0 rings (SSSR count). The molecule has 8 heavy (non-hydrogen) atoms. The summed E-state index contributed by atoms with van der Waals surface area (Å²) < 4.78 is 2.49. The second kappa shape index (κ2) is 4.12. The molecule has 3 N–H and O–H groups in total. The average molecular weight is 227 g/mol. The van der Waals surface area contributed by atoms with Crippen LogP contribution in [0, 0.1) is 0 Å². The van der Waals surface area contributed by atoms with E-state index in [0.29, 0.717) is 0 Å². The summed E-state index contributed by atoms with van der Waals surface area (Å²) in [6, 6.07) is -0.784. The standard InChI is InChI=1S/C3H6NO3.Sb.H/c4-2(1-5)3(6)7;;/h2,4-5H,1H2,(H,6,7);;/q-1;+1;/t2-;;/m0../s1. The molecular formula is C3H7NO3Sb. The van der Waals surface area contributed by atoms with Crippen molar-refractivity contribution in [2.75, 3.05) is 6.61 Å². The minimum atomic E-state index is -1.01. The second-order valence-corrected chi connectivity index (χ2v) is 2.04. The molecule has 0 bridgehead atoms. The number of carbonyl (C=O) groups is 1. The summed E-state index contributed by atoms with van der Waals surface area (Å²) in [5.74, 6) is -1.01. The Morgan fingerprint density at radius 3 is 2.38 bits per heavy atom. The van der Waals surface area contributed by atoms with Gasteiger partial charge in [0.15, 0.2) is 0 Å². The van der Waals surface area contributed by atoms with Gasteiger partial charge in [0.2, 0.25) is 0 Å². The number of rotatable bonds is 3. The van der Waals surface area contributed by atoms with Crippen molar-refractivity contribution in [3.8, 4) is 0 Å². The fourth-order valence-electron chi connectivity index (χ4n) is 0.185. The van der Waals surface area contributed by atoms with Crippen LogP contribution < -0.4 is 3.48 Å². The predicted molar refractivity (Wildman–Crippen MR) is 28.8 cm³/mol. The number of aliphatic hydroxyl groups excluding tert-OH is 1. The molecule has 0 aromatic heterocycles. The Morgan fingerprint density at radius 1 is 1.88 bits per heavy atom. The third-order valence-electron chi connectivity index (χ3n) is 0.655. The van der Waals surface area contributed by atoms with Crippen molar-refractivity contribution < 1.29 is 15.0 Å². The Morgan fingerprint density at radius 2 is 2.38 bits per heavy atom. The number of hydrogen-bond donors (Lipinski definition) is 3. The van der Waals surface area contributed by atoms with E-state index in [0.717, 1.165) is 23.3 Å². The first-order valence-corrected chi connectivity index (χ1v) is 3.41. The molecule has 0 saturated carbocycles. The molecule has 0 amide bonds. The van der Waals surface area contributed by atoms with Gasteiger partial charge < -0.3 is 0 Å². The van der Waals surface area contributed by atoms with Gasteiger partial charge in [-0.25, -0.2) is 0 Å². The van der Waals surface area contributed by atoms with Gasteiger partial charge in [0, 0.05) is 0 Å². The second-order valence-electron chi connectivity index (χ2n) is 1.22. The molecular weight excluding hydrogens is 220 g/mol. The molecule has 0 aliphatic carbocycles. The van der Waals surface area contributed by atoms with E-state index in [1.807, 2.05) is 0 Å². The van der Waals surface area contributed by atoms with Gasteiger partial charge in [0.25, 0.3) is 0 Å². The van der Waals surface area contributed by atoms with Crippen molar-refractivity contribution in [2.45, 2.75) is 6.04 Å². The first kappa shape index (κ1) is 8.21. The van der Waals surface area contributed by atoms with Crippen molar-refractivity contribution in [1.82, 2.24) is 3.48 Å². The molecule has 0 spiro atoms. The van der Waals surface area contributed by atoms with E-state index in [1.54, 1.807) is 0 Å². The van der Waals surface area contributed by atoms with Gasteiger partial charge in [0.1, 0.15) is 0 Å². The van der Waals surface area contributed by atoms with E-state index in [4.69, 9.17) is 10.2 Å². The molecule has 0 fully saturated rings. The van der Waals surface area contributed by atoms with Gasteiger partial charge in [-0.15, -0.1) is 0 Å². The summed E-state index contributed by atoms with van der Waals surface area (Å²) >= 11 is 0.903. The predicted octanol–water partition coefficient (Wildman–Crippen LogP) is -2.16. The third kappa shape index (κ3) is 2.50. The van der Waals surface area contributed by atoms with Crippen molar-refractivity contribution in [3.63, 3.8) is 0 Å². The zero-order chi connectivity index (χ0) is 6.57. The fraction of sp³-hybridized carbons (Fsp3) is 0.667. The molecule has 0 aromatic carbocycles. The first-order chi connectivity index (χ1) is 3.72. The summed E-state index contributed by atoms with van der Waals surface area (Å²) in [6.07, 6.45) is 0. The van der Waals surface area contributed by atoms with Crippen molar-refractivity contribution in [2.24, 2.45) is 0 Å². The number of carboxylic acids is 1. The topological polar surface area (TPSA) is 69.6 Å². The van der Waals surface area contributed by atoms with E-state index in [2.05, 4.69) is 3.48 Å². The Bertz CT molecular complexity index is 82.6. The zero-order valence-electron chi connectivity index (χ0n) is 4.09. The van der Waals surface area contributed by atoms with E-state index in [9.17, 15) is 4.79 Å². The summed E-state index contributed by atoms with van der Waals surface area (Å²) in [7, 11) is 0. The van der Waals surface area contributed by atoms with Gasteiger partial charge in [-0.05, 0) is 0 Å². The monoisotopic (exact) mass is 226 g/mol. The molecule has 0 unspecified atom stereocenters. The quantitative estimate of drug-likeness (QED) is 0.480. The summed E-state index contributed by atoms with van der Waals surface area (Å²) in [6.45, 7) is -0.347. The van der Waals surface area contributed by atoms with Crippen LogP contribution in [-0.2, 0) is 4.79 Å². The summed E-state index contributed by atoms with van der Waals surface area (Å²) in [5.41, 5.74) is 0. The Labute approximate surface area is 60.7 Å². The number of hydrogen-bond acceptors (Lipinski definition) is 3. The Balaban J connectivity index is 3.52. The number of aliphatic hydroxyl groups is 1. The maximum absolute atomic E-state index is 9.95. The molecule has 47 valence electrons. The molecule has 4 nitrogen and oxygen atoms in total. The van der Waals surface area contributed by atoms with Crippen LogP contribution in [0.5, 0.6) is 0 Å². The van der Waals surface area contributed by atoms with Crippen LogP contribution in [0.25, 0.3) is 0 Å². The molecule has 0 aliphatic heterocycles. The van der Waals surface area contributed by atoms with Crippen LogP contribution >= 0.6 is 0 Å². The van der Waals surface area contributed by atoms with Crippen LogP contribution in [0.2, 0.25) is 0 Å². The van der Waals surface area contributed by atoms with Crippen LogP contribution in [0.15, 0.2) is 0 Å². The Kier molecular flexibility index (Phi) is 4.23. The molecule has 0 aliphatic rings.